The Bertz CT molecular complexity index is 460. The molecule has 1 aromatic rings. The minimum Gasteiger partial charge on any atom is -0.351 e. The van der Waals surface area contributed by atoms with Crippen molar-refractivity contribution in [3.63, 3.8) is 0 Å². The number of Topliss-reactive ketones (excluding diaryl/α,β-unsaturated/α-hetero) is 1. The molecular weight excluding hydrogens is 258 g/mol. The molecule has 0 aromatic heterocycles. The molecule has 0 fully saturated rings. The summed E-state index contributed by atoms with van der Waals surface area (Å²) in [6, 6.07) is 7.34. The summed E-state index contributed by atoms with van der Waals surface area (Å²) in [5.74, 6) is 0.0724. The van der Waals surface area contributed by atoms with Gasteiger partial charge in [0.25, 0.3) is 0 Å². The lowest BCUT2D eigenvalue weighted by atomic mass is 10.1. The lowest BCUT2D eigenvalue weighted by Crippen LogP contribution is -2.44. The van der Waals surface area contributed by atoms with Crippen LogP contribution in [-0.4, -0.2) is 22.5 Å². The second-order valence-corrected chi connectivity index (χ2v) is 6.99. The highest BCUT2D eigenvalue weighted by atomic mass is 32.2. The van der Waals surface area contributed by atoms with E-state index in [4.69, 9.17) is 0 Å². The SMILES string of the molecule is CC(=O)c1ccc(SC(C)C(=O)NC(C)(C)C)cc1. The fraction of sp³-hybridized carbons (Fsp3) is 0.467. The predicted octanol–water partition coefficient (Wildman–Crippen LogP) is 3.28. The number of rotatable bonds is 4. The summed E-state index contributed by atoms with van der Waals surface area (Å²) < 4.78 is 0. The topological polar surface area (TPSA) is 46.2 Å². The third-order valence-electron chi connectivity index (χ3n) is 2.44. The zero-order chi connectivity index (χ0) is 14.6. The number of benzene rings is 1. The first-order valence-electron chi connectivity index (χ1n) is 6.29. The van der Waals surface area contributed by atoms with Crippen LogP contribution in [-0.2, 0) is 4.79 Å². The molecule has 1 N–H and O–H groups in total. The van der Waals surface area contributed by atoms with E-state index < -0.39 is 0 Å². The van der Waals surface area contributed by atoms with Crippen LogP contribution in [0, 0.1) is 0 Å². The largest absolute Gasteiger partial charge is 0.351 e. The van der Waals surface area contributed by atoms with Crippen molar-refractivity contribution in [2.45, 2.75) is 50.3 Å². The molecule has 4 heteroatoms. The van der Waals surface area contributed by atoms with E-state index in [0.717, 1.165) is 4.90 Å². The van der Waals surface area contributed by atoms with Crippen molar-refractivity contribution in [3.8, 4) is 0 Å². The maximum Gasteiger partial charge on any atom is 0.233 e. The Morgan fingerprint density at radius 1 is 1.16 bits per heavy atom. The van der Waals surface area contributed by atoms with Crippen molar-refractivity contribution in [1.82, 2.24) is 5.32 Å². The number of thioether (sulfide) groups is 1. The van der Waals surface area contributed by atoms with Gasteiger partial charge >= 0.3 is 0 Å². The molecule has 0 bridgehead atoms. The molecule has 1 amide bonds. The third kappa shape index (κ3) is 5.47. The predicted molar refractivity (Wildman–Crippen MR) is 79.7 cm³/mol. The summed E-state index contributed by atoms with van der Waals surface area (Å²) in [7, 11) is 0. The first-order valence-corrected chi connectivity index (χ1v) is 7.17. The average Bonchev–Trinajstić information content (AvgIpc) is 2.27. The normalized spacial score (nSPS) is 12.9. The average molecular weight is 279 g/mol. The second-order valence-electron chi connectivity index (χ2n) is 5.58. The van der Waals surface area contributed by atoms with Gasteiger partial charge in [-0.15, -0.1) is 11.8 Å². The molecule has 1 unspecified atom stereocenters. The van der Waals surface area contributed by atoms with Crippen molar-refractivity contribution < 1.29 is 9.59 Å². The Morgan fingerprint density at radius 2 is 1.68 bits per heavy atom. The van der Waals surface area contributed by atoms with Crippen LogP contribution in [0.5, 0.6) is 0 Å². The van der Waals surface area contributed by atoms with Crippen molar-refractivity contribution in [3.05, 3.63) is 29.8 Å². The molecule has 1 atom stereocenters. The monoisotopic (exact) mass is 279 g/mol. The molecule has 104 valence electrons. The smallest absolute Gasteiger partial charge is 0.233 e. The van der Waals surface area contributed by atoms with Gasteiger partial charge in [0, 0.05) is 16.0 Å². The van der Waals surface area contributed by atoms with Gasteiger partial charge in [0.05, 0.1) is 5.25 Å². The minimum absolute atomic E-state index is 0.0214. The van der Waals surface area contributed by atoms with Gasteiger partial charge in [-0.1, -0.05) is 12.1 Å². The molecule has 1 rings (SSSR count). The van der Waals surface area contributed by atoms with E-state index in [-0.39, 0.29) is 22.5 Å². The van der Waals surface area contributed by atoms with Crippen LogP contribution in [0.2, 0.25) is 0 Å². The quantitative estimate of drug-likeness (QED) is 0.679. The summed E-state index contributed by atoms with van der Waals surface area (Å²) in [6.45, 7) is 9.31. The van der Waals surface area contributed by atoms with Crippen LogP contribution in [0.3, 0.4) is 0 Å². The van der Waals surface area contributed by atoms with E-state index in [1.54, 1.807) is 19.1 Å². The molecule has 0 saturated carbocycles. The van der Waals surface area contributed by atoms with Gasteiger partial charge in [-0.05, 0) is 46.8 Å². The van der Waals surface area contributed by atoms with E-state index in [2.05, 4.69) is 5.32 Å². The van der Waals surface area contributed by atoms with Gasteiger partial charge < -0.3 is 5.32 Å². The lowest BCUT2D eigenvalue weighted by Gasteiger charge is -2.23. The maximum absolute atomic E-state index is 12.0. The highest BCUT2D eigenvalue weighted by molar-refractivity contribution is 8.00. The second kappa shape index (κ2) is 6.24. The third-order valence-corrected chi connectivity index (χ3v) is 3.55. The van der Waals surface area contributed by atoms with Crippen LogP contribution in [0.15, 0.2) is 29.2 Å². The molecule has 3 nitrogen and oxygen atoms in total. The van der Waals surface area contributed by atoms with Crippen LogP contribution in [0.25, 0.3) is 0 Å². The standard InChI is InChI=1S/C15H21NO2S/c1-10(17)12-6-8-13(9-7-12)19-11(2)14(18)16-15(3,4)5/h6-9,11H,1-5H3,(H,16,18). The summed E-state index contributed by atoms with van der Waals surface area (Å²) in [5, 5.41) is 2.79. The van der Waals surface area contributed by atoms with Crippen LogP contribution in [0.4, 0.5) is 0 Å². The molecule has 0 heterocycles. The van der Waals surface area contributed by atoms with Gasteiger partial charge in [0.15, 0.2) is 5.78 Å². The minimum atomic E-state index is -0.218. The van der Waals surface area contributed by atoms with Gasteiger partial charge in [0.1, 0.15) is 0 Å². The molecule has 0 radical (unpaired) electrons. The number of hydrogen-bond acceptors (Lipinski definition) is 3. The Morgan fingerprint density at radius 3 is 2.11 bits per heavy atom. The highest BCUT2D eigenvalue weighted by Gasteiger charge is 2.19. The summed E-state index contributed by atoms with van der Waals surface area (Å²) in [4.78, 5) is 24.1. The van der Waals surface area contributed by atoms with Gasteiger partial charge in [-0.3, -0.25) is 9.59 Å². The number of nitrogens with one attached hydrogen (secondary N) is 1. The first kappa shape index (κ1) is 15.8. The maximum atomic E-state index is 12.0. The Labute approximate surface area is 119 Å². The van der Waals surface area contributed by atoms with Gasteiger partial charge in [-0.2, -0.15) is 0 Å². The fourth-order valence-electron chi connectivity index (χ4n) is 1.50. The summed E-state index contributed by atoms with van der Waals surface area (Å²) >= 11 is 1.49. The number of hydrogen-bond donors (Lipinski definition) is 1. The van der Waals surface area contributed by atoms with Crippen LogP contribution < -0.4 is 5.32 Å². The molecule has 0 saturated heterocycles. The number of carbonyl (C=O) groups is 2. The van der Waals surface area contributed by atoms with Crippen LogP contribution >= 0.6 is 11.8 Å². The van der Waals surface area contributed by atoms with Gasteiger partial charge in [0.2, 0.25) is 5.91 Å². The molecule has 1 aromatic carbocycles. The zero-order valence-electron chi connectivity index (χ0n) is 12.1. The molecule has 0 aliphatic carbocycles. The van der Waals surface area contributed by atoms with Crippen molar-refractivity contribution >= 4 is 23.5 Å². The van der Waals surface area contributed by atoms with Crippen LogP contribution in [0.1, 0.15) is 45.0 Å². The van der Waals surface area contributed by atoms with E-state index in [0.29, 0.717) is 5.56 Å². The Balaban J connectivity index is 2.64. The van der Waals surface area contributed by atoms with Crippen molar-refractivity contribution in [2.24, 2.45) is 0 Å². The van der Waals surface area contributed by atoms with E-state index in [1.807, 2.05) is 39.8 Å². The van der Waals surface area contributed by atoms with E-state index in [1.165, 1.54) is 11.8 Å². The number of ketones is 1. The fourth-order valence-corrected chi connectivity index (χ4v) is 2.36. The number of carbonyl (C=O) groups excluding carboxylic acids is 2. The first-order chi connectivity index (χ1) is 8.69. The summed E-state index contributed by atoms with van der Waals surface area (Å²) in [5.41, 5.74) is 0.473. The molecule has 0 aliphatic rings. The van der Waals surface area contributed by atoms with Crippen molar-refractivity contribution in [1.29, 1.82) is 0 Å². The molecule has 0 aliphatic heterocycles. The van der Waals surface area contributed by atoms with Gasteiger partial charge in [-0.25, -0.2) is 0 Å². The Kier molecular flexibility index (Phi) is 5.18. The summed E-state index contributed by atoms with van der Waals surface area (Å²) in [6.07, 6.45) is 0. The van der Waals surface area contributed by atoms with E-state index in [9.17, 15) is 9.59 Å². The van der Waals surface area contributed by atoms with E-state index >= 15 is 0 Å². The Hall–Kier alpha value is -1.29. The molecule has 0 spiro atoms. The number of amides is 1. The molecule has 19 heavy (non-hydrogen) atoms. The van der Waals surface area contributed by atoms with Crippen molar-refractivity contribution in [2.75, 3.05) is 0 Å². The zero-order valence-corrected chi connectivity index (χ0v) is 12.9. The highest BCUT2D eigenvalue weighted by Crippen LogP contribution is 2.24. The molecular formula is C15H21NO2S. The lowest BCUT2D eigenvalue weighted by molar-refractivity contribution is -0.121.